The minimum absolute atomic E-state index is 0.0935. The van der Waals surface area contributed by atoms with E-state index in [1.807, 2.05) is 0 Å². The maximum Gasteiger partial charge on any atom is 0.158 e. The molecule has 2 rings (SSSR count). The largest absolute Gasteiger partial charge is 0.504 e. The number of benzene rings is 1. The fourth-order valence-electron chi connectivity index (χ4n) is 1.67. The molecule has 2 aromatic rings. The van der Waals surface area contributed by atoms with Gasteiger partial charge in [0.05, 0.1) is 0 Å². The molecule has 0 aliphatic carbocycles. The molecule has 0 spiro atoms. The smallest absolute Gasteiger partial charge is 0.158 e. The Balaban J connectivity index is 2.03. The number of rotatable bonds is 4. The molecular formula is C14H19N3O2S. The van der Waals surface area contributed by atoms with Crippen molar-refractivity contribution in [2.45, 2.75) is 32.7 Å². The van der Waals surface area contributed by atoms with E-state index in [9.17, 15) is 10.2 Å². The highest BCUT2D eigenvalue weighted by Crippen LogP contribution is 2.31. The van der Waals surface area contributed by atoms with Crippen LogP contribution in [0.4, 0.5) is 0 Å². The molecule has 0 saturated carbocycles. The van der Waals surface area contributed by atoms with Gasteiger partial charge in [0.2, 0.25) is 0 Å². The number of phenolic OH excluding ortho intramolecular Hbond substituents is 2. The van der Waals surface area contributed by atoms with Gasteiger partial charge in [-0.15, -0.1) is 10.2 Å². The van der Waals surface area contributed by atoms with Crippen LogP contribution in [-0.2, 0) is 6.42 Å². The van der Waals surface area contributed by atoms with Crippen molar-refractivity contribution in [3.05, 3.63) is 23.2 Å². The number of nitrogens with zero attached hydrogens (tertiary/aromatic N) is 2. The van der Waals surface area contributed by atoms with Crippen LogP contribution in [-0.4, -0.2) is 32.5 Å². The van der Waals surface area contributed by atoms with Gasteiger partial charge >= 0.3 is 0 Å². The van der Waals surface area contributed by atoms with E-state index < -0.39 is 0 Å². The maximum absolute atomic E-state index is 9.50. The lowest BCUT2D eigenvalue weighted by molar-refractivity contribution is 0.404. The van der Waals surface area contributed by atoms with Gasteiger partial charge in [0.1, 0.15) is 10.0 Å². The second-order valence-corrected chi connectivity index (χ2v) is 6.69. The summed E-state index contributed by atoms with van der Waals surface area (Å²) in [7, 11) is 0. The molecule has 0 saturated heterocycles. The van der Waals surface area contributed by atoms with E-state index in [0.717, 1.165) is 28.5 Å². The number of aromatic hydroxyl groups is 2. The topological polar surface area (TPSA) is 78.3 Å². The number of nitrogens with one attached hydrogen (secondary N) is 1. The summed E-state index contributed by atoms with van der Waals surface area (Å²) in [5.41, 5.74) is 0.851. The van der Waals surface area contributed by atoms with Crippen LogP contribution in [0.5, 0.6) is 11.5 Å². The lowest BCUT2D eigenvalue weighted by Crippen LogP contribution is -2.37. The predicted octanol–water partition coefficient (Wildman–Crippen LogP) is 2.55. The molecule has 5 nitrogen and oxygen atoms in total. The van der Waals surface area contributed by atoms with Gasteiger partial charge in [-0.3, -0.25) is 0 Å². The third-order valence-electron chi connectivity index (χ3n) is 2.68. The predicted molar refractivity (Wildman–Crippen MR) is 80.1 cm³/mol. The van der Waals surface area contributed by atoms with Gasteiger partial charge in [-0.1, -0.05) is 11.3 Å². The van der Waals surface area contributed by atoms with Crippen molar-refractivity contribution in [2.24, 2.45) is 0 Å². The van der Waals surface area contributed by atoms with Crippen molar-refractivity contribution in [2.75, 3.05) is 6.54 Å². The Hall–Kier alpha value is -1.66. The minimum atomic E-state index is -0.145. The quantitative estimate of drug-likeness (QED) is 0.755. The van der Waals surface area contributed by atoms with Crippen molar-refractivity contribution in [1.82, 2.24) is 15.5 Å². The molecule has 0 fully saturated rings. The van der Waals surface area contributed by atoms with Gasteiger partial charge in [0.25, 0.3) is 0 Å². The van der Waals surface area contributed by atoms with E-state index >= 15 is 0 Å². The SMILES string of the molecule is CC(C)(C)NCCc1nnc(-c2ccc(O)c(O)c2)s1. The molecule has 6 heteroatoms. The third-order valence-corrected chi connectivity index (χ3v) is 3.72. The van der Waals surface area contributed by atoms with E-state index in [1.54, 1.807) is 6.07 Å². The second kappa shape index (κ2) is 5.76. The van der Waals surface area contributed by atoms with E-state index in [1.165, 1.54) is 23.5 Å². The first kappa shape index (κ1) is 14.7. The molecule has 0 unspecified atom stereocenters. The van der Waals surface area contributed by atoms with Crippen LogP contribution in [0.3, 0.4) is 0 Å². The van der Waals surface area contributed by atoms with Gasteiger partial charge in [0.15, 0.2) is 11.5 Å². The first-order chi connectivity index (χ1) is 9.35. The Kier molecular flexibility index (Phi) is 4.25. The summed E-state index contributed by atoms with van der Waals surface area (Å²) < 4.78 is 0. The molecule has 108 valence electrons. The third kappa shape index (κ3) is 3.91. The van der Waals surface area contributed by atoms with Crippen LogP contribution in [0.1, 0.15) is 25.8 Å². The van der Waals surface area contributed by atoms with Crippen molar-refractivity contribution in [3.63, 3.8) is 0 Å². The molecule has 0 atom stereocenters. The van der Waals surface area contributed by atoms with E-state index in [2.05, 4.69) is 36.3 Å². The first-order valence-corrected chi connectivity index (χ1v) is 7.26. The maximum atomic E-state index is 9.50. The lowest BCUT2D eigenvalue weighted by atomic mass is 10.1. The number of aromatic nitrogens is 2. The Morgan fingerprint density at radius 1 is 1.15 bits per heavy atom. The molecule has 1 aromatic heterocycles. The van der Waals surface area contributed by atoms with Crippen LogP contribution < -0.4 is 5.32 Å². The van der Waals surface area contributed by atoms with Crippen LogP contribution >= 0.6 is 11.3 Å². The molecule has 3 N–H and O–H groups in total. The zero-order valence-electron chi connectivity index (χ0n) is 11.8. The van der Waals surface area contributed by atoms with Gasteiger partial charge in [-0.05, 0) is 39.0 Å². The van der Waals surface area contributed by atoms with Crippen molar-refractivity contribution in [3.8, 4) is 22.1 Å². The highest BCUT2D eigenvalue weighted by molar-refractivity contribution is 7.14. The molecule has 0 radical (unpaired) electrons. The Morgan fingerprint density at radius 3 is 2.55 bits per heavy atom. The van der Waals surface area contributed by atoms with Gasteiger partial charge in [-0.2, -0.15) is 0 Å². The minimum Gasteiger partial charge on any atom is -0.504 e. The average molecular weight is 293 g/mol. The Bertz CT molecular complexity index is 590. The van der Waals surface area contributed by atoms with Crippen LogP contribution in [0.2, 0.25) is 0 Å². The molecule has 0 aliphatic heterocycles. The van der Waals surface area contributed by atoms with Crippen LogP contribution in [0.15, 0.2) is 18.2 Å². The number of hydrogen-bond acceptors (Lipinski definition) is 6. The zero-order chi connectivity index (χ0) is 14.8. The van der Waals surface area contributed by atoms with E-state index in [4.69, 9.17) is 0 Å². The zero-order valence-corrected chi connectivity index (χ0v) is 12.7. The van der Waals surface area contributed by atoms with Crippen LogP contribution in [0, 0.1) is 0 Å². The summed E-state index contributed by atoms with van der Waals surface area (Å²) >= 11 is 1.50. The molecule has 0 aliphatic rings. The van der Waals surface area contributed by atoms with Crippen molar-refractivity contribution < 1.29 is 10.2 Å². The lowest BCUT2D eigenvalue weighted by Gasteiger charge is -2.19. The number of phenols is 2. The highest BCUT2D eigenvalue weighted by Gasteiger charge is 2.11. The fourth-order valence-corrected chi connectivity index (χ4v) is 2.51. The molecule has 0 amide bonds. The number of hydrogen-bond donors (Lipinski definition) is 3. The van der Waals surface area contributed by atoms with Crippen LogP contribution in [0.25, 0.3) is 10.6 Å². The molecule has 20 heavy (non-hydrogen) atoms. The summed E-state index contributed by atoms with van der Waals surface area (Å²) in [4.78, 5) is 0. The summed E-state index contributed by atoms with van der Waals surface area (Å²) in [6, 6.07) is 4.66. The molecule has 1 heterocycles. The summed E-state index contributed by atoms with van der Waals surface area (Å²) in [6.45, 7) is 7.21. The molecule has 0 bridgehead atoms. The molecular weight excluding hydrogens is 274 g/mol. The van der Waals surface area contributed by atoms with Gasteiger partial charge in [0, 0.05) is 24.1 Å². The van der Waals surface area contributed by atoms with Crippen molar-refractivity contribution >= 4 is 11.3 Å². The normalized spacial score (nSPS) is 11.8. The Morgan fingerprint density at radius 2 is 1.90 bits per heavy atom. The summed E-state index contributed by atoms with van der Waals surface area (Å²) in [6.07, 6.45) is 0.818. The van der Waals surface area contributed by atoms with Gasteiger partial charge in [-0.25, -0.2) is 0 Å². The average Bonchev–Trinajstić information content (AvgIpc) is 2.80. The van der Waals surface area contributed by atoms with Gasteiger partial charge < -0.3 is 15.5 Å². The Labute approximate surface area is 122 Å². The first-order valence-electron chi connectivity index (χ1n) is 6.45. The fraction of sp³-hybridized carbons (Fsp3) is 0.429. The second-order valence-electron chi connectivity index (χ2n) is 5.63. The van der Waals surface area contributed by atoms with Crippen molar-refractivity contribution in [1.29, 1.82) is 0 Å². The monoisotopic (exact) mass is 293 g/mol. The summed E-state index contributed by atoms with van der Waals surface area (Å²) in [5, 5.41) is 32.2. The highest BCUT2D eigenvalue weighted by atomic mass is 32.1. The summed E-state index contributed by atoms with van der Waals surface area (Å²) in [5.74, 6) is -0.276. The molecule has 1 aromatic carbocycles. The van der Waals surface area contributed by atoms with E-state index in [-0.39, 0.29) is 17.0 Å². The standard InChI is InChI=1S/C14H19N3O2S/c1-14(2,3)15-7-6-12-16-17-13(20-12)9-4-5-10(18)11(19)8-9/h4-5,8,15,18-19H,6-7H2,1-3H3. The van der Waals surface area contributed by atoms with E-state index in [0.29, 0.717) is 0 Å².